The second-order valence-corrected chi connectivity index (χ2v) is 7.64. The third-order valence-electron chi connectivity index (χ3n) is 4.43. The maximum atomic E-state index is 12.3. The Morgan fingerprint density at radius 3 is 2.83 bits per heavy atom. The number of rotatable bonds is 6. The van der Waals surface area contributed by atoms with Gasteiger partial charge in [-0.3, -0.25) is 14.9 Å². The topological polar surface area (TPSA) is 116 Å². The Morgan fingerprint density at radius 1 is 1.27 bits per heavy atom. The normalized spacial score (nSPS) is 11.1. The Hall–Kier alpha value is -3.24. The second kappa shape index (κ2) is 8.25. The summed E-state index contributed by atoms with van der Waals surface area (Å²) >= 11 is 6.92. The highest BCUT2D eigenvalue weighted by Gasteiger charge is 2.16. The van der Waals surface area contributed by atoms with Crippen LogP contribution in [0.3, 0.4) is 0 Å². The monoisotopic (exact) mass is 442 g/mol. The van der Waals surface area contributed by atoms with E-state index >= 15 is 0 Å². The number of halogens is 1. The van der Waals surface area contributed by atoms with Crippen LogP contribution in [0.4, 0.5) is 11.4 Å². The number of thioether (sulfide) groups is 1. The Labute approximate surface area is 179 Å². The molecule has 152 valence electrons. The van der Waals surface area contributed by atoms with Gasteiger partial charge in [-0.2, -0.15) is 0 Å². The minimum atomic E-state index is -0.603. The average Bonchev–Trinajstić information content (AvgIpc) is 3.06. The first-order valence-electron chi connectivity index (χ1n) is 8.96. The highest BCUT2D eigenvalue weighted by molar-refractivity contribution is 7.99. The molecule has 0 radical (unpaired) electrons. The van der Waals surface area contributed by atoms with Crippen LogP contribution in [-0.4, -0.2) is 36.3 Å². The first kappa shape index (κ1) is 20.0. The summed E-state index contributed by atoms with van der Waals surface area (Å²) in [5.74, 6) is -0.327. The minimum Gasteiger partial charge on any atom is -0.325 e. The number of nitro groups is 1. The number of aryl methyl sites for hydroxylation is 1. The number of hydrogen-bond acceptors (Lipinski definition) is 7. The number of amides is 1. The van der Waals surface area contributed by atoms with Gasteiger partial charge in [0.05, 0.1) is 16.2 Å². The van der Waals surface area contributed by atoms with Crippen molar-refractivity contribution in [3.05, 3.63) is 57.6 Å². The number of anilines is 1. The number of para-hydroxylation sites is 1. The van der Waals surface area contributed by atoms with Crippen LogP contribution in [0.2, 0.25) is 5.02 Å². The van der Waals surface area contributed by atoms with Crippen LogP contribution < -0.4 is 5.32 Å². The lowest BCUT2D eigenvalue weighted by Crippen LogP contribution is -2.14. The number of fused-ring (bicyclic) bond motifs is 3. The van der Waals surface area contributed by atoms with Gasteiger partial charge in [-0.1, -0.05) is 41.6 Å². The van der Waals surface area contributed by atoms with E-state index in [0.29, 0.717) is 10.8 Å². The van der Waals surface area contributed by atoms with Crippen LogP contribution in [0.25, 0.3) is 22.1 Å². The summed E-state index contributed by atoms with van der Waals surface area (Å²) < 4.78 is 2.05. The largest absolute Gasteiger partial charge is 0.325 e. The highest BCUT2D eigenvalue weighted by atomic mass is 35.5. The Kier molecular flexibility index (Phi) is 5.51. The van der Waals surface area contributed by atoms with Crippen LogP contribution in [-0.2, 0) is 11.3 Å². The number of aromatic nitrogens is 4. The van der Waals surface area contributed by atoms with Gasteiger partial charge in [0.15, 0.2) is 5.65 Å². The maximum Gasteiger partial charge on any atom is 0.289 e. The minimum absolute atomic E-state index is 0.00599. The molecule has 1 N–H and O–H groups in total. The van der Waals surface area contributed by atoms with E-state index < -0.39 is 4.92 Å². The second-order valence-electron chi connectivity index (χ2n) is 6.29. The highest BCUT2D eigenvalue weighted by Crippen LogP contribution is 2.28. The molecule has 2 heterocycles. The molecule has 0 atom stereocenters. The van der Waals surface area contributed by atoms with Crippen molar-refractivity contribution in [1.29, 1.82) is 0 Å². The van der Waals surface area contributed by atoms with Crippen molar-refractivity contribution < 1.29 is 9.72 Å². The van der Waals surface area contributed by atoms with E-state index in [1.165, 1.54) is 18.2 Å². The molecule has 0 aliphatic carbocycles. The van der Waals surface area contributed by atoms with Gasteiger partial charge < -0.3 is 9.88 Å². The van der Waals surface area contributed by atoms with Crippen molar-refractivity contribution in [2.24, 2.45) is 0 Å². The molecule has 30 heavy (non-hydrogen) atoms. The predicted octanol–water partition coefficient (Wildman–Crippen LogP) is 4.29. The number of benzene rings is 2. The summed E-state index contributed by atoms with van der Waals surface area (Å²) in [5.41, 5.74) is 2.48. The summed E-state index contributed by atoms with van der Waals surface area (Å²) in [5, 5.41) is 23.4. The molecule has 9 nitrogen and oxygen atoms in total. The molecule has 1 amide bonds. The Morgan fingerprint density at radius 2 is 2.07 bits per heavy atom. The predicted molar refractivity (Wildman–Crippen MR) is 116 cm³/mol. The molecule has 0 saturated carbocycles. The number of nitrogens with zero attached hydrogens (tertiary/aromatic N) is 5. The van der Waals surface area contributed by atoms with Crippen LogP contribution >= 0.6 is 23.4 Å². The summed E-state index contributed by atoms with van der Waals surface area (Å²) in [6, 6.07) is 12.0. The number of hydrogen-bond donors (Lipinski definition) is 1. The van der Waals surface area contributed by atoms with Gasteiger partial charge >= 0.3 is 0 Å². The van der Waals surface area contributed by atoms with Crippen LogP contribution in [0.5, 0.6) is 0 Å². The van der Waals surface area contributed by atoms with Crippen molar-refractivity contribution in [2.45, 2.75) is 18.6 Å². The summed E-state index contributed by atoms with van der Waals surface area (Å²) in [4.78, 5) is 27.2. The van der Waals surface area contributed by atoms with E-state index in [9.17, 15) is 14.9 Å². The van der Waals surface area contributed by atoms with Gasteiger partial charge in [-0.05, 0) is 25.1 Å². The van der Waals surface area contributed by atoms with E-state index in [1.807, 2.05) is 31.2 Å². The SMILES string of the molecule is CCn1c2ccccc2c2nnc(SCC(=O)Nc3ccc(Cl)c([N+](=O)[O-])c3)nc21. The first-order chi connectivity index (χ1) is 14.5. The molecular weight excluding hydrogens is 428 g/mol. The zero-order valence-electron chi connectivity index (χ0n) is 15.7. The van der Waals surface area contributed by atoms with Crippen molar-refractivity contribution in [1.82, 2.24) is 19.7 Å². The fraction of sp³-hybridized carbons (Fsp3) is 0.158. The van der Waals surface area contributed by atoms with Crippen molar-refractivity contribution in [2.75, 3.05) is 11.1 Å². The number of carbonyl (C=O) groups excluding carboxylic acids is 1. The fourth-order valence-electron chi connectivity index (χ4n) is 3.13. The molecule has 0 fully saturated rings. The van der Waals surface area contributed by atoms with E-state index in [1.54, 1.807) is 0 Å². The molecule has 0 unspecified atom stereocenters. The van der Waals surface area contributed by atoms with E-state index in [2.05, 4.69) is 25.1 Å². The lowest BCUT2D eigenvalue weighted by molar-refractivity contribution is -0.384. The summed E-state index contributed by atoms with van der Waals surface area (Å²) in [7, 11) is 0. The standard InChI is InChI=1S/C19H15ClN6O3S/c1-2-25-14-6-4-3-5-12(14)17-18(25)22-19(24-23-17)30-10-16(27)21-11-7-8-13(20)15(9-11)26(28)29/h3-9H,2,10H2,1H3,(H,21,27). The van der Waals surface area contributed by atoms with Gasteiger partial charge in [0.2, 0.25) is 11.1 Å². The Balaban J connectivity index is 1.51. The molecular formula is C19H15ClN6O3S. The lowest BCUT2D eigenvalue weighted by atomic mass is 10.2. The molecule has 0 saturated heterocycles. The van der Waals surface area contributed by atoms with E-state index in [-0.39, 0.29) is 28.1 Å². The fourth-order valence-corrected chi connectivity index (χ4v) is 3.90. The zero-order valence-corrected chi connectivity index (χ0v) is 17.3. The smallest absolute Gasteiger partial charge is 0.289 e. The maximum absolute atomic E-state index is 12.3. The number of nitro benzene ring substituents is 1. The van der Waals surface area contributed by atoms with E-state index in [0.717, 1.165) is 34.7 Å². The zero-order chi connectivity index (χ0) is 21.3. The number of nitrogens with one attached hydrogen (secondary N) is 1. The molecule has 0 spiro atoms. The van der Waals surface area contributed by atoms with Crippen molar-refractivity contribution in [3.63, 3.8) is 0 Å². The van der Waals surface area contributed by atoms with Gasteiger partial charge in [0.1, 0.15) is 10.5 Å². The first-order valence-corrected chi connectivity index (χ1v) is 10.3. The summed E-state index contributed by atoms with van der Waals surface area (Å²) in [6.07, 6.45) is 0. The van der Waals surface area contributed by atoms with Gasteiger partial charge in [-0.15, -0.1) is 10.2 Å². The quantitative estimate of drug-likeness (QED) is 0.269. The van der Waals surface area contributed by atoms with Crippen LogP contribution in [0.15, 0.2) is 47.6 Å². The molecule has 11 heteroatoms. The van der Waals surface area contributed by atoms with Crippen molar-refractivity contribution >= 4 is 62.7 Å². The van der Waals surface area contributed by atoms with Gasteiger partial charge in [0, 0.05) is 23.7 Å². The molecule has 4 rings (SSSR count). The molecule has 4 aromatic rings. The lowest BCUT2D eigenvalue weighted by Gasteiger charge is -2.05. The third-order valence-corrected chi connectivity index (χ3v) is 5.59. The summed E-state index contributed by atoms with van der Waals surface area (Å²) in [6.45, 7) is 2.75. The van der Waals surface area contributed by atoms with Crippen LogP contribution in [0, 0.1) is 10.1 Å². The molecule has 0 bridgehead atoms. The van der Waals surface area contributed by atoms with Gasteiger partial charge in [-0.25, -0.2) is 4.98 Å². The molecule has 2 aromatic carbocycles. The van der Waals surface area contributed by atoms with Crippen LogP contribution in [0.1, 0.15) is 6.92 Å². The number of carbonyl (C=O) groups is 1. The van der Waals surface area contributed by atoms with E-state index in [4.69, 9.17) is 11.6 Å². The molecule has 0 aliphatic rings. The van der Waals surface area contributed by atoms with Gasteiger partial charge in [0.25, 0.3) is 5.69 Å². The Bertz CT molecular complexity index is 1290. The van der Waals surface area contributed by atoms with Crippen molar-refractivity contribution in [3.8, 4) is 0 Å². The average molecular weight is 443 g/mol. The molecule has 0 aliphatic heterocycles. The third kappa shape index (κ3) is 3.79. The molecule has 2 aromatic heterocycles.